The van der Waals surface area contributed by atoms with Gasteiger partial charge in [0.2, 0.25) is 0 Å². The molecule has 2 aromatic rings. The van der Waals surface area contributed by atoms with Crippen LogP contribution >= 0.6 is 0 Å². The Bertz CT molecular complexity index is 862. The molecule has 0 heterocycles. The highest BCUT2D eigenvalue weighted by Crippen LogP contribution is 2.47. The van der Waals surface area contributed by atoms with E-state index >= 15 is 0 Å². The Hall–Kier alpha value is -2.49. The van der Waals surface area contributed by atoms with Gasteiger partial charge in [0, 0.05) is 0 Å². The van der Waals surface area contributed by atoms with Crippen LogP contribution < -0.4 is 9.47 Å². The first-order valence-corrected chi connectivity index (χ1v) is 11.7. The minimum Gasteiger partial charge on any atom is -0.493 e. The van der Waals surface area contributed by atoms with Crippen LogP contribution in [0.15, 0.2) is 48.5 Å². The number of rotatable bonds is 8. The summed E-state index contributed by atoms with van der Waals surface area (Å²) in [5.41, 5.74) is 2.57. The normalized spacial score (nSPS) is 24.1. The second-order valence-corrected chi connectivity index (χ2v) is 9.27. The van der Waals surface area contributed by atoms with Crippen LogP contribution in [-0.2, 0) is 16.6 Å². The molecule has 0 saturated heterocycles. The van der Waals surface area contributed by atoms with E-state index in [9.17, 15) is 9.90 Å². The Morgan fingerprint density at radius 3 is 2.35 bits per heavy atom. The molecule has 0 spiro atoms. The average Bonchev–Trinajstić information content (AvgIpc) is 3.32. The number of carboxylic acids is 1. The lowest BCUT2D eigenvalue weighted by Gasteiger charge is -2.40. The fourth-order valence-corrected chi connectivity index (χ4v) is 5.41. The Morgan fingerprint density at radius 2 is 1.71 bits per heavy atom. The number of carbonyl (C=O) groups is 1. The first kappa shape index (κ1) is 21.7. The van der Waals surface area contributed by atoms with Gasteiger partial charge in [-0.15, -0.1) is 0 Å². The zero-order chi connectivity index (χ0) is 21.7. The van der Waals surface area contributed by atoms with Gasteiger partial charge in [-0.2, -0.15) is 0 Å². The van der Waals surface area contributed by atoms with Crippen molar-refractivity contribution in [3.05, 3.63) is 59.7 Å². The van der Waals surface area contributed by atoms with E-state index in [4.69, 9.17) is 9.47 Å². The van der Waals surface area contributed by atoms with Crippen LogP contribution in [0.2, 0.25) is 0 Å². The molecule has 2 aromatic carbocycles. The third kappa shape index (κ3) is 5.06. The van der Waals surface area contributed by atoms with Gasteiger partial charge in [0.15, 0.2) is 11.5 Å². The summed E-state index contributed by atoms with van der Waals surface area (Å²) in [6, 6.07) is 17.0. The molecule has 2 aliphatic rings. The van der Waals surface area contributed by atoms with Crippen molar-refractivity contribution < 1.29 is 19.4 Å². The SMILES string of the molecule is COc1ccc(C2(CCc3ccccc3)CCC(C(=O)O)CC2)cc1OC1CCCC1. The van der Waals surface area contributed by atoms with Crippen molar-refractivity contribution in [2.45, 2.75) is 75.7 Å². The van der Waals surface area contributed by atoms with Gasteiger partial charge >= 0.3 is 5.97 Å². The molecule has 0 radical (unpaired) electrons. The first-order valence-electron chi connectivity index (χ1n) is 11.7. The number of aryl methyl sites for hydroxylation is 1. The zero-order valence-electron chi connectivity index (χ0n) is 18.5. The van der Waals surface area contributed by atoms with E-state index in [2.05, 4.69) is 36.4 Å². The second kappa shape index (κ2) is 9.76. The fraction of sp³-hybridized carbons (Fsp3) is 0.519. The second-order valence-electron chi connectivity index (χ2n) is 9.27. The number of ether oxygens (including phenoxy) is 2. The lowest BCUT2D eigenvalue weighted by Crippen LogP contribution is -2.34. The molecule has 2 saturated carbocycles. The summed E-state index contributed by atoms with van der Waals surface area (Å²) in [5, 5.41) is 9.52. The lowest BCUT2D eigenvalue weighted by atomic mass is 9.64. The van der Waals surface area contributed by atoms with Gasteiger partial charge < -0.3 is 14.6 Å². The summed E-state index contributed by atoms with van der Waals surface area (Å²) in [6.07, 6.45) is 10.2. The number of aliphatic carboxylic acids is 1. The molecule has 0 aromatic heterocycles. The summed E-state index contributed by atoms with van der Waals surface area (Å²) in [4.78, 5) is 11.6. The molecule has 2 fully saturated rings. The largest absolute Gasteiger partial charge is 0.493 e. The minimum absolute atomic E-state index is 0.0259. The van der Waals surface area contributed by atoms with Gasteiger partial charge in [-0.3, -0.25) is 4.79 Å². The predicted molar refractivity (Wildman–Crippen MR) is 122 cm³/mol. The Morgan fingerprint density at radius 1 is 1.00 bits per heavy atom. The molecular weight excluding hydrogens is 388 g/mol. The third-order valence-corrected chi connectivity index (χ3v) is 7.40. The molecule has 0 unspecified atom stereocenters. The van der Waals surface area contributed by atoms with E-state index in [1.165, 1.54) is 24.0 Å². The summed E-state index contributed by atoms with van der Waals surface area (Å²) in [7, 11) is 1.69. The van der Waals surface area contributed by atoms with E-state index in [1.54, 1.807) is 7.11 Å². The van der Waals surface area contributed by atoms with Crippen LogP contribution in [0.25, 0.3) is 0 Å². The van der Waals surface area contributed by atoms with E-state index in [0.717, 1.165) is 62.9 Å². The minimum atomic E-state index is -0.656. The van der Waals surface area contributed by atoms with Crippen molar-refractivity contribution >= 4 is 5.97 Å². The summed E-state index contributed by atoms with van der Waals surface area (Å²) < 4.78 is 12.0. The highest BCUT2D eigenvalue weighted by atomic mass is 16.5. The molecule has 4 nitrogen and oxygen atoms in total. The van der Waals surface area contributed by atoms with E-state index in [-0.39, 0.29) is 17.4 Å². The maximum Gasteiger partial charge on any atom is 0.306 e. The predicted octanol–water partition coefficient (Wildman–Crippen LogP) is 6.16. The van der Waals surface area contributed by atoms with Crippen molar-refractivity contribution in [1.29, 1.82) is 0 Å². The highest BCUT2D eigenvalue weighted by Gasteiger charge is 2.39. The molecule has 4 heteroatoms. The van der Waals surface area contributed by atoms with Crippen LogP contribution in [0.4, 0.5) is 0 Å². The Labute approximate surface area is 185 Å². The van der Waals surface area contributed by atoms with Crippen LogP contribution in [0.1, 0.15) is 68.9 Å². The molecule has 2 aliphatic carbocycles. The number of methoxy groups -OCH3 is 1. The van der Waals surface area contributed by atoms with E-state index in [0.29, 0.717) is 0 Å². The fourth-order valence-electron chi connectivity index (χ4n) is 5.41. The first-order chi connectivity index (χ1) is 15.1. The van der Waals surface area contributed by atoms with Crippen LogP contribution in [0, 0.1) is 5.92 Å². The van der Waals surface area contributed by atoms with Crippen LogP contribution in [-0.4, -0.2) is 24.3 Å². The van der Waals surface area contributed by atoms with Gasteiger partial charge in [0.1, 0.15) is 0 Å². The molecule has 31 heavy (non-hydrogen) atoms. The smallest absolute Gasteiger partial charge is 0.306 e. The van der Waals surface area contributed by atoms with Crippen molar-refractivity contribution in [2.24, 2.45) is 5.92 Å². The van der Waals surface area contributed by atoms with E-state index < -0.39 is 5.97 Å². The van der Waals surface area contributed by atoms with Gasteiger partial charge in [0.05, 0.1) is 19.1 Å². The molecule has 4 rings (SSSR count). The Kier molecular flexibility index (Phi) is 6.84. The molecule has 0 aliphatic heterocycles. The highest BCUT2D eigenvalue weighted by molar-refractivity contribution is 5.70. The maximum atomic E-state index is 11.6. The molecule has 0 amide bonds. The summed E-state index contributed by atoms with van der Waals surface area (Å²) in [5.74, 6) is 0.744. The zero-order valence-corrected chi connectivity index (χ0v) is 18.5. The third-order valence-electron chi connectivity index (χ3n) is 7.40. The number of hydrogen-bond acceptors (Lipinski definition) is 3. The van der Waals surface area contributed by atoms with Gasteiger partial charge in [-0.1, -0.05) is 36.4 Å². The standard InChI is InChI=1S/C27H34O4/c1-30-24-12-11-22(19-25(24)31-23-9-5-6-10-23)27(16-13-20-7-3-2-4-8-20)17-14-21(15-18-27)26(28)29/h2-4,7-8,11-12,19,21,23H,5-6,9-10,13-18H2,1H3,(H,28,29). The average molecular weight is 423 g/mol. The van der Waals surface area contributed by atoms with E-state index in [1.807, 2.05) is 12.1 Å². The lowest BCUT2D eigenvalue weighted by molar-refractivity contribution is -0.143. The Balaban J connectivity index is 1.61. The summed E-state index contributed by atoms with van der Waals surface area (Å²) in [6.45, 7) is 0. The molecular formula is C27H34O4. The van der Waals surface area contributed by atoms with Gasteiger partial charge in [-0.05, 0) is 92.9 Å². The van der Waals surface area contributed by atoms with Crippen molar-refractivity contribution in [3.63, 3.8) is 0 Å². The van der Waals surface area contributed by atoms with Crippen molar-refractivity contribution in [2.75, 3.05) is 7.11 Å². The van der Waals surface area contributed by atoms with Crippen molar-refractivity contribution in [3.8, 4) is 11.5 Å². The molecule has 0 bridgehead atoms. The van der Waals surface area contributed by atoms with Crippen molar-refractivity contribution in [1.82, 2.24) is 0 Å². The maximum absolute atomic E-state index is 11.6. The summed E-state index contributed by atoms with van der Waals surface area (Å²) >= 11 is 0. The number of benzene rings is 2. The molecule has 166 valence electrons. The van der Waals surface area contributed by atoms with Gasteiger partial charge in [0.25, 0.3) is 0 Å². The number of hydrogen-bond donors (Lipinski definition) is 1. The number of carboxylic acid groups (broad SMARTS) is 1. The monoisotopic (exact) mass is 422 g/mol. The quantitative estimate of drug-likeness (QED) is 0.553. The topological polar surface area (TPSA) is 55.8 Å². The van der Waals surface area contributed by atoms with Crippen LogP contribution in [0.3, 0.4) is 0 Å². The van der Waals surface area contributed by atoms with Crippen LogP contribution in [0.5, 0.6) is 11.5 Å². The molecule has 1 N–H and O–H groups in total. The van der Waals surface area contributed by atoms with Gasteiger partial charge in [-0.25, -0.2) is 0 Å². The molecule has 0 atom stereocenters.